The maximum Gasteiger partial charge on any atom is 0.133 e. The molecule has 0 amide bonds. The van der Waals surface area contributed by atoms with Gasteiger partial charge in [0.1, 0.15) is 5.78 Å². The summed E-state index contributed by atoms with van der Waals surface area (Å²) < 4.78 is 0. The van der Waals surface area contributed by atoms with Gasteiger partial charge < -0.3 is 0 Å². The summed E-state index contributed by atoms with van der Waals surface area (Å²) in [5.41, 5.74) is 2.71. The first-order valence-electron chi connectivity index (χ1n) is 12.5. The van der Waals surface area contributed by atoms with Crippen LogP contribution >= 0.6 is 0 Å². The van der Waals surface area contributed by atoms with Crippen LogP contribution in [-0.2, 0) is 4.79 Å². The Labute approximate surface area is 179 Å². The molecule has 0 aromatic heterocycles. The van der Waals surface area contributed by atoms with Gasteiger partial charge in [-0.1, -0.05) is 65.3 Å². The predicted molar refractivity (Wildman–Crippen MR) is 123 cm³/mol. The number of hydrogen-bond acceptors (Lipinski definition) is 1. The summed E-state index contributed by atoms with van der Waals surface area (Å²) in [6.45, 7) is 14.6. The van der Waals surface area contributed by atoms with Crippen molar-refractivity contribution in [3.63, 3.8) is 0 Å². The summed E-state index contributed by atoms with van der Waals surface area (Å²) in [6.07, 6.45) is 17.2. The van der Waals surface area contributed by atoms with Crippen LogP contribution in [0.4, 0.5) is 0 Å². The first kappa shape index (κ1) is 21.4. The third-order valence-corrected chi connectivity index (χ3v) is 10.2. The number of allylic oxidation sites excluding steroid dienone is 4. The molecule has 8 atom stereocenters. The molecule has 0 N–H and O–H groups in total. The lowest BCUT2D eigenvalue weighted by molar-refractivity contribution is -0.127. The molecule has 8 unspecified atom stereocenters. The van der Waals surface area contributed by atoms with Crippen molar-refractivity contribution >= 4 is 5.78 Å². The SMILES string of the molecule is CC(C)C(C)C=CC(C)C1CC2C3=CCC4CC(=O)CCC4(C)C3CCC2(C)C1. The topological polar surface area (TPSA) is 17.1 Å². The Hall–Kier alpha value is -0.850. The molecule has 162 valence electrons. The first-order valence-corrected chi connectivity index (χ1v) is 12.5. The van der Waals surface area contributed by atoms with Gasteiger partial charge in [-0.3, -0.25) is 4.79 Å². The third kappa shape index (κ3) is 3.70. The van der Waals surface area contributed by atoms with Gasteiger partial charge in [0.25, 0.3) is 0 Å². The lowest BCUT2D eigenvalue weighted by Gasteiger charge is -2.56. The van der Waals surface area contributed by atoms with Crippen LogP contribution in [0.5, 0.6) is 0 Å². The van der Waals surface area contributed by atoms with Crippen molar-refractivity contribution in [3.8, 4) is 0 Å². The lowest BCUT2D eigenvalue weighted by atomic mass is 9.49. The molecule has 3 fully saturated rings. The molecule has 0 heterocycles. The molecule has 0 spiro atoms. The summed E-state index contributed by atoms with van der Waals surface area (Å²) in [5.74, 6) is 5.59. The maximum atomic E-state index is 12.1. The highest BCUT2D eigenvalue weighted by molar-refractivity contribution is 5.79. The zero-order valence-corrected chi connectivity index (χ0v) is 19.8. The van der Waals surface area contributed by atoms with Crippen molar-refractivity contribution in [3.05, 3.63) is 23.8 Å². The van der Waals surface area contributed by atoms with Gasteiger partial charge in [0, 0.05) is 12.8 Å². The van der Waals surface area contributed by atoms with Gasteiger partial charge in [0.05, 0.1) is 0 Å². The van der Waals surface area contributed by atoms with Gasteiger partial charge in [-0.2, -0.15) is 0 Å². The van der Waals surface area contributed by atoms with Crippen LogP contribution in [0.3, 0.4) is 0 Å². The van der Waals surface area contributed by atoms with Crippen LogP contribution in [0.1, 0.15) is 92.9 Å². The fraction of sp³-hybridized carbons (Fsp3) is 0.821. The van der Waals surface area contributed by atoms with Gasteiger partial charge in [-0.15, -0.1) is 0 Å². The highest BCUT2D eigenvalue weighted by atomic mass is 16.1. The number of carbonyl (C=O) groups is 1. The Morgan fingerprint density at radius 2 is 1.83 bits per heavy atom. The van der Waals surface area contributed by atoms with Crippen LogP contribution in [0.2, 0.25) is 0 Å². The van der Waals surface area contributed by atoms with E-state index < -0.39 is 0 Å². The van der Waals surface area contributed by atoms with E-state index in [1.165, 1.54) is 25.7 Å². The predicted octanol–water partition coefficient (Wildman–Crippen LogP) is 7.62. The molecule has 0 bridgehead atoms. The molecule has 4 aliphatic rings. The second kappa shape index (κ2) is 7.69. The van der Waals surface area contributed by atoms with Gasteiger partial charge in [0.2, 0.25) is 0 Å². The van der Waals surface area contributed by atoms with Crippen LogP contribution in [0.25, 0.3) is 0 Å². The minimum atomic E-state index is 0.385. The van der Waals surface area contributed by atoms with Crippen molar-refractivity contribution in [1.29, 1.82) is 0 Å². The highest BCUT2D eigenvalue weighted by Gasteiger charge is 2.56. The minimum Gasteiger partial charge on any atom is -0.300 e. The van der Waals surface area contributed by atoms with Crippen molar-refractivity contribution in [2.75, 3.05) is 0 Å². The molecule has 29 heavy (non-hydrogen) atoms. The standard InChI is InChI=1S/C28H44O/c1-18(2)19(3)7-8-20(4)21-15-26-24-10-9-22-16-23(29)11-14-28(22,6)25(24)12-13-27(26,5)17-21/h7-8,10,18-22,25-26H,9,11-17H2,1-6H3. The average molecular weight is 397 g/mol. The molecule has 0 aromatic rings. The zero-order chi connectivity index (χ0) is 21.0. The van der Waals surface area contributed by atoms with Crippen LogP contribution < -0.4 is 0 Å². The van der Waals surface area contributed by atoms with Crippen molar-refractivity contribution in [2.45, 2.75) is 92.9 Å². The Balaban J connectivity index is 1.52. The van der Waals surface area contributed by atoms with E-state index in [9.17, 15) is 4.79 Å². The summed E-state index contributed by atoms with van der Waals surface area (Å²) in [6, 6.07) is 0. The van der Waals surface area contributed by atoms with E-state index in [0.29, 0.717) is 34.4 Å². The van der Waals surface area contributed by atoms with Crippen LogP contribution in [-0.4, -0.2) is 5.78 Å². The molecule has 4 rings (SSSR count). The number of hydrogen-bond donors (Lipinski definition) is 0. The Kier molecular flexibility index (Phi) is 5.67. The first-order chi connectivity index (χ1) is 13.6. The Bertz CT molecular complexity index is 699. The highest BCUT2D eigenvalue weighted by Crippen LogP contribution is 2.65. The van der Waals surface area contributed by atoms with E-state index in [1.54, 1.807) is 0 Å². The summed E-state index contributed by atoms with van der Waals surface area (Å²) in [4.78, 5) is 12.1. The Morgan fingerprint density at radius 3 is 2.55 bits per heavy atom. The van der Waals surface area contributed by atoms with Gasteiger partial charge >= 0.3 is 0 Å². The van der Waals surface area contributed by atoms with Crippen LogP contribution in [0, 0.1) is 52.3 Å². The normalized spacial score (nSPS) is 44.2. The molecule has 0 aliphatic heterocycles. The minimum absolute atomic E-state index is 0.385. The van der Waals surface area contributed by atoms with E-state index >= 15 is 0 Å². The molecule has 3 saturated carbocycles. The quantitative estimate of drug-likeness (QED) is 0.447. The van der Waals surface area contributed by atoms with Crippen molar-refractivity contribution in [2.24, 2.45) is 52.3 Å². The van der Waals surface area contributed by atoms with E-state index in [2.05, 4.69) is 59.8 Å². The van der Waals surface area contributed by atoms with Crippen molar-refractivity contribution < 1.29 is 4.79 Å². The molecular formula is C28H44O. The monoisotopic (exact) mass is 396 g/mol. The Morgan fingerprint density at radius 1 is 1.07 bits per heavy atom. The molecule has 0 aromatic carbocycles. The number of fused-ring (bicyclic) bond motifs is 5. The van der Waals surface area contributed by atoms with Crippen molar-refractivity contribution in [1.82, 2.24) is 0 Å². The molecule has 0 radical (unpaired) electrons. The zero-order valence-electron chi connectivity index (χ0n) is 19.8. The van der Waals surface area contributed by atoms with Crippen LogP contribution in [0.15, 0.2) is 23.8 Å². The average Bonchev–Trinajstić information content (AvgIpc) is 3.04. The maximum absolute atomic E-state index is 12.1. The van der Waals surface area contributed by atoms with E-state index in [1.807, 2.05) is 5.57 Å². The second-order valence-corrected chi connectivity index (χ2v) is 12.2. The lowest BCUT2D eigenvalue weighted by Crippen LogP contribution is -2.48. The van der Waals surface area contributed by atoms with Gasteiger partial charge in [0.15, 0.2) is 0 Å². The summed E-state index contributed by atoms with van der Waals surface area (Å²) in [5, 5.41) is 0. The second-order valence-electron chi connectivity index (χ2n) is 12.2. The molecule has 1 nitrogen and oxygen atoms in total. The smallest absolute Gasteiger partial charge is 0.133 e. The summed E-state index contributed by atoms with van der Waals surface area (Å²) in [7, 11) is 0. The largest absolute Gasteiger partial charge is 0.300 e. The molecule has 4 aliphatic carbocycles. The van der Waals surface area contributed by atoms with E-state index in [0.717, 1.165) is 49.4 Å². The third-order valence-electron chi connectivity index (χ3n) is 10.2. The van der Waals surface area contributed by atoms with Gasteiger partial charge in [-0.25, -0.2) is 0 Å². The number of rotatable bonds is 4. The fourth-order valence-corrected chi connectivity index (χ4v) is 7.55. The van der Waals surface area contributed by atoms with E-state index in [-0.39, 0.29) is 0 Å². The number of ketones is 1. The molecule has 0 saturated heterocycles. The van der Waals surface area contributed by atoms with Gasteiger partial charge in [-0.05, 0) is 90.8 Å². The van der Waals surface area contributed by atoms with E-state index in [4.69, 9.17) is 0 Å². The number of Topliss-reactive ketones (excluding diaryl/α,β-unsaturated/α-hetero) is 1. The molecule has 1 heteroatoms. The molecular weight excluding hydrogens is 352 g/mol. The summed E-state index contributed by atoms with van der Waals surface area (Å²) >= 11 is 0. The number of carbonyl (C=O) groups excluding carboxylic acids is 1. The fourth-order valence-electron chi connectivity index (χ4n) is 7.55.